The zero-order valence-electron chi connectivity index (χ0n) is 15.0. The van der Waals surface area contributed by atoms with Crippen LogP contribution in [-0.2, 0) is 9.53 Å². The highest BCUT2D eigenvalue weighted by atomic mass is 16.5. The first-order chi connectivity index (χ1) is 12.6. The fourth-order valence-electron chi connectivity index (χ4n) is 2.95. The van der Waals surface area contributed by atoms with Gasteiger partial charge in [0.2, 0.25) is 5.91 Å². The average molecular weight is 357 g/mol. The Balaban J connectivity index is 1.97. The van der Waals surface area contributed by atoms with Crippen LogP contribution in [0.2, 0.25) is 0 Å². The molecular formula is C20H27N3O3. The molecule has 1 saturated heterocycles. The number of amides is 2. The zero-order chi connectivity index (χ0) is 18.9. The van der Waals surface area contributed by atoms with Gasteiger partial charge in [-0.1, -0.05) is 12.2 Å². The highest BCUT2D eigenvalue weighted by Crippen LogP contribution is 2.19. The van der Waals surface area contributed by atoms with Crippen molar-refractivity contribution in [2.24, 2.45) is 11.7 Å². The Kier molecular flexibility index (Phi) is 7.56. The van der Waals surface area contributed by atoms with Gasteiger partial charge in [0.05, 0.1) is 6.04 Å². The maximum absolute atomic E-state index is 12.5. The number of rotatable bonds is 8. The molecule has 0 saturated carbocycles. The first-order valence-electron chi connectivity index (χ1n) is 8.82. The minimum absolute atomic E-state index is 0.110. The van der Waals surface area contributed by atoms with Gasteiger partial charge in [-0.2, -0.15) is 0 Å². The average Bonchev–Trinajstić information content (AvgIpc) is 2.68. The van der Waals surface area contributed by atoms with Crippen LogP contribution in [0.1, 0.15) is 23.2 Å². The molecule has 6 nitrogen and oxygen atoms in total. The molecule has 1 aliphatic rings. The molecule has 3 N–H and O–H groups in total. The molecule has 1 aromatic rings. The third kappa shape index (κ3) is 5.28. The van der Waals surface area contributed by atoms with Crippen LogP contribution >= 0.6 is 0 Å². The lowest BCUT2D eigenvalue weighted by Crippen LogP contribution is -2.44. The number of nitrogens with one attached hydrogen (secondary N) is 1. The molecule has 0 spiro atoms. The first kappa shape index (κ1) is 19.9. The van der Waals surface area contributed by atoms with E-state index in [1.54, 1.807) is 41.3 Å². The van der Waals surface area contributed by atoms with Gasteiger partial charge >= 0.3 is 0 Å². The van der Waals surface area contributed by atoms with Crippen molar-refractivity contribution in [2.45, 2.75) is 18.9 Å². The van der Waals surface area contributed by atoms with E-state index < -0.39 is 6.04 Å². The summed E-state index contributed by atoms with van der Waals surface area (Å²) in [6.45, 7) is 9.52. The second kappa shape index (κ2) is 9.89. The van der Waals surface area contributed by atoms with Gasteiger partial charge in [0.25, 0.3) is 5.91 Å². The van der Waals surface area contributed by atoms with Crippen LogP contribution in [0.25, 0.3) is 0 Å². The Bertz CT molecular complexity index is 626. The molecule has 0 aromatic heterocycles. The summed E-state index contributed by atoms with van der Waals surface area (Å²) in [4.78, 5) is 26.5. The second-order valence-corrected chi connectivity index (χ2v) is 6.33. The van der Waals surface area contributed by atoms with Gasteiger partial charge < -0.3 is 20.7 Å². The molecule has 2 amide bonds. The van der Waals surface area contributed by atoms with Crippen LogP contribution < -0.4 is 11.1 Å². The lowest BCUT2D eigenvalue weighted by Gasteiger charge is -2.26. The number of benzene rings is 1. The Hall–Kier alpha value is -2.44. The fraction of sp³-hybridized carbons (Fsp3) is 0.400. The largest absolute Gasteiger partial charge is 0.381 e. The van der Waals surface area contributed by atoms with Gasteiger partial charge in [0.1, 0.15) is 0 Å². The highest BCUT2D eigenvalue weighted by Gasteiger charge is 2.26. The zero-order valence-corrected chi connectivity index (χ0v) is 15.0. The van der Waals surface area contributed by atoms with Crippen LogP contribution in [0.5, 0.6) is 0 Å². The summed E-state index contributed by atoms with van der Waals surface area (Å²) >= 11 is 0. The van der Waals surface area contributed by atoms with Gasteiger partial charge in [-0.05, 0) is 43.0 Å². The summed E-state index contributed by atoms with van der Waals surface area (Å²) < 4.78 is 5.30. The third-order valence-electron chi connectivity index (χ3n) is 4.46. The Morgan fingerprint density at radius 2 is 1.77 bits per heavy atom. The van der Waals surface area contributed by atoms with E-state index in [2.05, 4.69) is 18.5 Å². The SMILES string of the molecule is C=CCN(CC=C)C(=O)c1ccc(NC(=O)C(N)C2CCOCC2)cc1. The van der Waals surface area contributed by atoms with Crippen molar-refractivity contribution in [3.05, 3.63) is 55.1 Å². The molecule has 1 aliphatic heterocycles. The van der Waals surface area contributed by atoms with Crippen molar-refractivity contribution >= 4 is 17.5 Å². The molecule has 6 heteroatoms. The van der Waals surface area contributed by atoms with Crippen LogP contribution in [0.3, 0.4) is 0 Å². The van der Waals surface area contributed by atoms with Gasteiger partial charge in [-0.25, -0.2) is 0 Å². The normalized spacial score (nSPS) is 15.7. The highest BCUT2D eigenvalue weighted by molar-refractivity contribution is 5.97. The smallest absolute Gasteiger partial charge is 0.254 e. The number of nitrogens with two attached hydrogens (primary N) is 1. The fourth-order valence-corrected chi connectivity index (χ4v) is 2.95. The molecule has 0 aliphatic carbocycles. The maximum Gasteiger partial charge on any atom is 0.254 e. The topological polar surface area (TPSA) is 84.7 Å². The van der Waals surface area contributed by atoms with Crippen LogP contribution in [-0.4, -0.2) is 49.1 Å². The van der Waals surface area contributed by atoms with Crippen molar-refractivity contribution in [2.75, 3.05) is 31.6 Å². The van der Waals surface area contributed by atoms with Gasteiger partial charge in [0, 0.05) is 37.6 Å². The van der Waals surface area contributed by atoms with E-state index in [1.807, 2.05) is 0 Å². The molecule has 0 radical (unpaired) electrons. The molecule has 140 valence electrons. The molecule has 1 fully saturated rings. The van der Waals surface area contributed by atoms with Crippen LogP contribution in [0, 0.1) is 5.92 Å². The molecule has 2 rings (SSSR count). The van der Waals surface area contributed by atoms with Crippen molar-refractivity contribution in [1.82, 2.24) is 4.90 Å². The number of hydrogen-bond acceptors (Lipinski definition) is 4. The predicted octanol–water partition coefficient (Wildman–Crippen LogP) is 2.19. The Morgan fingerprint density at radius 3 is 2.31 bits per heavy atom. The van der Waals surface area contributed by atoms with E-state index in [0.717, 1.165) is 12.8 Å². The number of hydrogen-bond donors (Lipinski definition) is 2. The molecule has 1 unspecified atom stereocenters. The summed E-state index contributed by atoms with van der Waals surface area (Å²) in [5.41, 5.74) is 7.24. The molecule has 0 bridgehead atoms. The minimum atomic E-state index is -0.559. The first-order valence-corrected chi connectivity index (χ1v) is 8.82. The van der Waals surface area contributed by atoms with Crippen LogP contribution in [0.15, 0.2) is 49.6 Å². The van der Waals surface area contributed by atoms with Crippen molar-refractivity contribution in [3.8, 4) is 0 Å². The van der Waals surface area contributed by atoms with Crippen LogP contribution in [0.4, 0.5) is 5.69 Å². The predicted molar refractivity (Wildman–Crippen MR) is 103 cm³/mol. The third-order valence-corrected chi connectivity index (χ3v) is 4.46. The molecule has 1 atom stereocenters. The van der Waals surface area contributed by atoms with E-state index in [4.69, 9.17) is 10.5 Å². The lowest BCUT2D eigenvalue weighted by atomic mass is 9.92. The second-order valence-electron chi connectivity index (χ2n) is 6.33. The van der Waals surface area contributed by atoms with Gasteiger partial charge in [-0.15, -0.1) is 13.2 Å². The molecule has 1 heterocycles. The van der Waals surface area contributed by atoms with Crippen molar-refractivity contribution in [1.29, 1.82) is 0 Å². The van der Waals surface area contributed by atoms with Crippen molar-refractivity contribution in [3.63, 3.8) is 0 Å². The lowest BCUT2D eigenvalue weighted by molar-refractivity contribution is -0.119. The molecular weight excluding hydrogens is 330 g/mol. The van der Waals surface area contributed by atoms with E-state index in [0.29, 0.717) is 37.6 Å². The Labute approximate surface area is 154 Å². The molecule has 26 heavy (non-hydrogen) atoms. The quantitative estimate of drug-likeness (QED) is 0.699. The number of nitrogens with zero attached hydrogens (tertiary/aromatic N) is 1. The summed E-state index contributed by atoms with van der Waals surface area (Å²) in [5, 5.41) is 2.82. The summed E-state index contributed by atoms with van der Waals surface area (Å²) in [6, 6.07) is 6.24. The number of anilines is 1. The van der Waals surface area contributed by atoms with E-state index in [9.17, 15) is 9.59 Å². The number of carbonyl (C=O) groups excluding carboxylic acids is 2. The number of carbonyl (C=O) groups is 2. The standard InChI is InChI=1S/C20H27N3O3/c1-3-11-23(12-4-2)20(25)16-5-7-17(8-6-16)22-19(24)18(21)15-9-13-26-14-10-15/h3-8,15,18H,1-2,9-14,21H2,(H,22,24). The summed E-state index contributed by atoms with van der Waals surface area (Å²) in [7, 11) is 0. The Morgan fingerprint density at radius 1 is 1.19 bits per heavy atom. The maximum atomic E-state index is 12.5. The van der Waals surface area contributed by atoms with E-state index >= 15 is 0 Å². The van der Waals surface area contributed by atoms with Gasteiger partial charge in [0.15, 0.2) is 0 Å². The summed E-state index contributed by atoms with van der Waals surface area (Å²) in [6.07, 6.45) is 4.94. The summed E-state index contributed by atoms with van der Waals surface area (Å²) in [5.74, 6) is -0.187. The monoisotopic (exact) mass is 357 g/mol. The minimum Gasteiger partial charge on any atom is -0.381 e. The van der Waals surface area contributed by atoms with E-state index in [-0.39, 0.29) is 17.7 Å². The van der Waals surface area contributed by atoms with E-state index in [1.165, 1.54) is 0 Å². The number of ether oxygens (including phenoxy) is 1. The van der Waals surface area contributed by atoms with Gasteiger partial charge in [-0.3, -0.25) is 9.59 Å². The van der Waals surface area contributed by atoms with Crippen molar-refractivity contribution < 1.29 is 14.3 Å². The molecule has 1 aromatic carbocycles.